The number of ether oxygens (including phenoxy) is 2. The Morgan fingerprint density at radius 2 is 2.00 bits per heavy atom. The lowest BCUT2D eigenvalue weighted by Crippen LogP contribution is -2.51. The fraction of sp³-hybridized carbons (Fsp3) is 0.458. The Bertz CT molecular complexity index is 1120. The lowest BCUT2D eigenvalue weighted by atomic mass is 9.90. The molecule has 7 heteroatoms. The number of hydrogen-bond acceptors (Lipinski definition) is 4. The summed E-state index contributed by atoms with van der Waals surface area (Å²) in [7, 11) is 0. The van der Waals surface area contributed by atoms with Gasteiger partial charge in [0.1, 0.15) is 5.60 Å². The smallest absolute Gasteiger partial charge is 0.326 e. The topological polar surface area (TPSA) is 59.5 Å². The van der Waals surface area contributed by atoms with E-state index in [1.54, 1.807) is 0 Å². The molecule has 6 nitrogen and oxygen atoms in total. The van der Waals surface area contributed by atoms with Gasteiger partial charge in [0.2, 0.25) is 0 Å². The molecule has 1 N–H and O–H groups in total. The van der Waals surface area contributed by atoms with Gasteiger partial charge in [-0.05, 0) is 43.5 Å². The Morgan fingerprint density at radius 3 is 2.74 bits per heavy atom. The minimum atomic E-state index is -0.439. The Kier molecular flexibility index (Phi) is 5.65. The van der Waals surface area contributed by atoms with Gasteiger partial charge in [-0.1, -0.05) is 41.4 Å². The van der Waals surface area contributed by atoms with Crippen LogP contribution in [0.2, 0.25) is 5.02 Å². The number of halogens is 1. The van der Waals surface area contributed by atoms with E-state index in [-0.39, 0.29) is 11.7 Å². The van der Waals surface area contributed by atoms with E-state index in [0.717, 1.165) is 43.5 Å². The van der Waals surface area contributed by atoms with E-state index in [1.807, 2.05) is 22.8 Å². The molecule has 0 radical (unpaired) electrons. The molecule has 0 aliphatic carbocycles. The van der Waals surface area contributed by atoms with Crippen LogP contribution in [-0.4, -0.2) is 53.9 Å². The highest BCUT2D eigenvalue weighted by molar-refractivity contribution is 6.31. The average Bonchev–Trinajstić information content (AvgIpc) is 3.10. The van der Waals surface area contributed by atoms with Crippen molar-refractivity contribution in [1.29, 1.82) is 0 Å². The summed E-state index contributed by atoms with van der Waals surface area (Å²) in [5, 5.41) is 0.631. The molecule has 1 aromatic heterocycles. The van der Waals surface area contributed by atoms with Crippen LogP contribution >= 0.6 is 11.6 Å². The van der Waals surface area contributed by atoms with Crippen LogP contribution in [0.4, 0.5) is 0 Å². The van der Waals surface area contributed by atoms with Crippen LogP contribution in [0.3, 0.4) is 0 Å². The number of aryl methyl sites for hydroxylation is 1. The number of imidazole rings is 1. The van der Waals surface area contributed by atoms with Crippen LogP contribution in [0.1, 0.15) is 30.0 Å². The third-order valence-corrected chi connectivity index (χ3v) is 6.80. The molecule has 1 unspecified atom stereocenters. The summed E-state index contributed by atoms with van der Waals surface area (Å²) in [4.78, 5) is 18.0. The molecule has 2 saturated heterocycles. The third-order valence-electron chi connectivity index (χ3n) is 6.57. The van der Waals surface area contributed by atoms with Crippen LogP contribution in [0.25, 0.3) is 11.0 Å². The Balaban J connectivity index is 1.33. The van der Waals surface area contributed by atoms with Crippen molar-refractivity contribution in [3.05, 3.63) is 69.1 Å². The highest BCUT2D eigenvalue weighted by atomic mass is 35.5. The molecular weight excluding hydrogens is 414 g/mol. The SMILES string of the molecule is Cc1cccc(C2(CN3CCC(n4c(=O)[nH]c5cc(Cl)ccc54)CC3)COCCO2)c1. The predicted molar refractivity (Wildman–Crippen MR) is 122 cm³/mol. The number of rotatable bonds is 4. The Morgan fingerprint density at radius 1 is 1.16 bits per heavy atom. The predicted octanol–water partition coefficient (Wildman–Crippen LogP) is 3.87. The number of aromatic amines is 1. The lowest BCUT2D eigenvalue weighted by Gasteiger charge is -2.43. The summed E-state index contributed by atoms with van der Waals surface area (Å²) < 4.78 is 14.1. The molecule has 0 amide bonds. The van der Waals surface area contributed by atoms with E-state index in [4.69, 9.17) is 21.1 Å². The number of benzene rings is 2. The van der Waals surface area contributed by atoms with Gasteiger partial charge in [-0.25, -0.2) is 4.79 Å². The third kappa shape index (κ3) is 4.05. The summed E-state index contributed by atoms with van der Waals surface area (Å²) in [6.45, 7) is 6.54. The summed E-state index contributed by atoms with van der Waals surface area (Å²) in [6.07, 6.45) is 1.83. The maximum atomic E-state index is 12.6. The molecule has 2 aliphatic heterocycles. The van der Waals surface area contributed by atoms with E-state index < -0.39 is 5.60 Å². The van der Waals surface area contributed by atoms with Gasteiger partial charge in [-0.3, -0.25) is 9.47 Å². The zero-order chi connectivity index (χ0) is 21.4. The molecule has 3 aromatic rings. The zero-order valence-electron chi connectivity index (χ0n) is 17.8. The number of fused-ring (bicyclic) bond motifs is 1. The highest BCUT2D eigenvalue weighted by Crippen LogP contribution is 2.33. The van der Waals surface area contributed by atoms with Crippen molar-refractivity contribution in [2.24, 2.45) is 0 Å². The number of nitrogens with one attached hydrogen (secondary N) is 1. The first-order valence-corrected chi connectivity index (χ1v) is 11.3. The van der Waals surface area contributed by atoms with Crippen LogP contribution in [0, 0.1) is 6.92 Å². The van der Waals surface area contributed by atoms with Gasteiger partial charge in [-0.15, -0.1) is 0 Å². The molecule has 31 heavy (non-hydrogen) atoms. The molecule has 0 saturated carbocycles. The van der Waals surface area contributed by atoms with Gasteiger partial charge in [0, 0.05) is 30.7 Å². The molecule has 2 fully saturated rings. The summed E-state index contributed by atoms with van der Waals surface area (Å²) >= 11 is 6.09. The Hall–Kier alpha value is -2.12. The first-order valence-electron chi connectivity index (χ1n) is 11.0. The number of piperidine rings is 1. The van der Waals surface area contributed by atoms with Gasteiger partial charge in [-0.2, -0.15) is 0 Å². The van der Waals surface area contributed by atoms with Gasteiger partial charge in [0.25, 0.3) is 0 Å². The largest absolute Gasteiger partial charge is 0.376 e. The van der Waals surface area contributed by atoms with E-state index in [0.29, 0.717) is 24.8 Å². The van der Waals surface area contributed by atoms with Gasteiger partial charge < -0.3 is 14.5 Å². The van der Waals surface area contributed by atoms with Gasteiger partial charge in [0.05, 0.1) is 30.9 Å². The molecule has 2 aliphatic rings. The number of nitrogens with zero attached hydrogens (tertiary/aromatic N) is 2. The standard InChI is InChI=1S/C24H28ClN3O3/c1-17-3-2-4-18(13-17)24(16-30-11-12-31-24)15-27-9-7-20(8-10-27)28-22-6-5-19(25)14-21(22)26-23(28)29/h2-6,13-14,20H,7-12,15-16H2,1H3,(H,26,29). The lowest BCUT2D eigenvalue weighted by molar-refractivity contribution is -0.173. The Labute approximate surface area is 186 Å². The van der Waals surface area contributed by atoms with Crippen molar-refractivity contribution in [3.8, 4) is 0 Å². The van der Waals surface area contributed by atoms with E-state index in [2.05, 4.69) is 41.1 Å². The van der Waals surface area contributed by atoms with E-state index in [9.17, 15) is 4.79 Å². The second-order valence-corrected chi connectivity index (χ2v) is 9.17. The monoisotopic (exact) mass is 441 g/mol. The normalized spacial score (nSPS) is 23.4. The van der Waals surface area contributed by atoms with Crippen molar-refractivity contribution in [3.63, 3.8) is 0 Å². The molecule has 0 bridgehead atoms. The fourth-order valence-electron chi connectivity index (χ4n) is 5.02. The summed E-state index contributed by atoms with van der Waals surface area (Å²) in [6, 6.07) is 14.3. The number of aromatic nitrogens is 2. The quantitative estimate of drug-likeness (QED) is 0.667. The number of H-pyrrole nitrogens is 1. The second-order valence-electron chi connectivity index (χ2n) is 8.73. The number of hydrogen-bond donors (Lipinski definition) is 1. The van der Waals surface area contributed by atoms with E-state index in [1.165, 1.54) is 11.1 Å². The molecule has 1 atom stereocenters. The second kappa shape index (κ2) is 8.43. The van der Waals surface area contributed by atoms with Gasteiger partial charge in [0.15, 0.2) is 0 Å². The minimum Gasteiger partial charge on any atom is -0.376 e. The minimum absolute atomic E-state index is 0.0593. The van der Waals surface area contributed by atoms with Crippen LogP contribution in [-0.2, 0) is 15.1 Å². The summed E-state index contributed by atoms with van der Waals surface area (Å²) in [5.74, 6) is 0. The molecule has 5 rings (SSSR count). The van der Waals surface area contributed by atoms with Crippen LogP contribution < -0.4 is 5.69 Å². The van der Waals surface area contributed by atoms with Crippen molar-refractivity contribution >= 4 is 22.6 Å². The van der Waals surface area contributed by atoms with Gasteiger partial charge >= 0.3 is 5.69 Å². The van der Waals surface area contributed by atoms with Crippen LogP contribution in [0.15, 0.2) is 47.3 Å². The molecule has 2 aromatic carbocycles. The molecular formula is C24H28ClN3O3. The van der Waals surface area contributed by atoms with E-state index >= 15 is 0 Å². The zero-order valence-corrected chi connectivity index (χ0v) is 18.5. The average molecular weight is 442 g/mol. The first-order chi connectivity index (χ1) is 15.0. The summed E-state index contributed by atoms with van der Waals surface area (Å²) in [5.41, 5.74) is 3.63. The molecule has 164 valence electrons. The van der Waals surface area contributed by atoms with Crippen molar-refractivity contribution < 1.29 is 9.47 Å². The molecule has 0 spiro atoms. The maximum absolute atomic E-state index is 12.6. The highest BCUT2D eigenvalue weighted by Gasteiger charge is 2.39. The maximum Gasteiger partial charge on any atom is 0.326 e. The van der Waals surface area contributed by atoms with Crippen LogP contribution in [0.5, 0.6) is 0 Å². The van der Waals surface area contributed by atoms with Crippen molar-refractivity contribution in [2.45, 2.75) is 31.4 Å². The van der Waals surface area contributed by atoms with Crippen molar-refractivity contribution in [1.82, 2.24) is 14.5 Å². The number of likely N-dealkylation sites (tertiary alicyclic amines) is 1. The fourth-order valence-corrected chi connectivity index (χ4v) is 5.19. The van der Waals surface area contributed by atoms with Crippen molar-refractivity contribution in [2.75, 3.05) is 39.5 Å². The molecule has 3 heterocycles. The first kappa shape index (κ1) is 20.8.